The van der Waals surface area contributed by atoms with E-state index in [1.165, 1.54) is 22.4 Å². The summed E-state index contributed by atoms with van der Waals surface area (Å²) in [5.74, 6) is -0.173. The van der Waals surface area contributed by atoms with Gasteiger partial charge < -0.3 is 4.98 Å². The first kappa shape index (κ1) is 13.4. The molecule has 1 nitrogen and oxygen atoms in total. The van der Waals surface area contributed by atoms with Crippen molar-refractivity contribution >= 4 is 16.5 Å². The Kier molecular flexibility index (Phi) is 3.00. The van der Waals surface area contributed by atoms with Gasteiger partial charge in [-0.25, -0.2) is 4.39 Å². The SMILES string of the molecule is CC/C(C)=C1\c2c([nH]c3cc(F)ccc23)CCC1(C)C. The van der Waals surface area contributed by atoms with E-state index >= 15 is 0 Å². The maximum absolute atomic E-state index is 13.4. The summed E-state index contributed by atoms with van der Waals surface area (Å²) < 4.78 is 13.4. The Balaban J connectivity index is 2.36. The summed E-state index contributed by atoms with van der Waals surface area (Å²) in [6.07, 6.45) is 3.24. The van der Waals surface area contributed by atoms with Crippen LogP contribution in [0.25, 0.3) is 16.5 Å². The second-order valence-electron chi connectivity index (χ2n) is 6.56. The number of fused-ring (bicyclic) bond motifs is 3. The van der Waals surface area contributed by atoms with E-state index in [1.807, 2.05) is 6.07 Å². The van der Waals surface area contributed by atoms with Gasteiger partial charge in [-0.15, -0.1) is 0 Å². The zero-order valence-electron chi connectivity index (χ0n) is 12.7. The Labute approximate surface area is 119 Å². The Morgan fingerprint density at radius 3 is 2.80 bits per heavy atom. The lowest BCUT2D eigenvalue weighted by Crippen LogP contribution is -2.22. The van der Waals surface area contributed by atoms with E-state index in [2.05, 4.69) is 32.7 Å². The number of hydrogen-bond acceptors (Lipinski definition) is 0. The number of nitrogens with one attached hydrogen (secondary N) is 1. The van der Waals surface area contributed by atoms with E-state index in [-0.39, 0.29) is 11.2 Å². The fourth-order valence-electron chi connectivity index (χ4n) is 3.57. The fraction of sp³-hybridized carbons (Fsp3) is 0.444. The maximum atomic E-state index is 13.4. The predicted molar refractivity (Wildman–Crippen MR) is 83.2 cm³/mol. The monoisotopic (exact) mass is 271 g/mol. The summed E-state index contributed by atoms with van der Waals surface area (Å²) in [5, 5.41) is 1.16. The molecule has 1 aromatic heterocycles. The molecule has 0 saturated carbocycles. The number of aromatic amines is 1. The van der Waals surface area contributed by atoms with Crippen molar-refractivity contribution in [2.75, 3.05) is 0 Å². The zero-order chi connectivity index (χ0) is 14.5. The highest BCUT2D eigenvalue weighted by atomic mass is 19.1. The van der Waals surface area contributed by atoms with E-state index < -0.39 is 0 Å². The van der Waals surface area contributed by atoms with E-state index in [0.717, 1.165) is 30.2 Å². The highest BCUT2D eigenvalue weighted by molar-refractivity contribution is 5.96. The van der Waals surface area contributed by atoms with E-state index in [0.29, 0.717) is 0 Å². The average Bonchev–Trinajstić information content (AvgIpc) is 2.74. The number of benzene rings is 1. The molecule has 0 bridgehead atoms. The lowest BCUT2D eigenvalue weighted by atomic mass is 9.69. The van der Waals surface area contributed by atoms with Crippen molar-refractivity contribution in [3.8, 4) is 0 Å². The third-order valence-electron chi connectivity index (χ3n) is 4.72. The third-order valence-corrected chi connectivity index (χ3v) is 4.72. The molecule has 0 aliphatic heterocycles. The molecule has 0 radical (unpaired) electrons. The van der Waals surface area contributed by atoms with Gasteiger partial charge in [0.05, 0.1) is 0 Å². The maximum Gasteiger partial charge on any atom is 0.125 e. The first-order valence-corrected chi connectivity index (χ1v) is 7.44. The highest BCUT2D eigenvalue weighted by Gasteiger charge is 2.34. The molecule has 3 rings (SSSR count). The van der Waals surface area contributed by atoms with Gasteiger partial charge >= 0.3 is 0 Å². The van der Waals surface area contributed by atoms with Crippen molar-refractivity contribution in [3.05, 3.63) is 40.8 Å². The number of aryl methyl sites for hydroxylation is 1. The standard InChI is InChI=1S/C18H22FN/c1-5-11(2)17-16-13-7-6-12(19)10-15(13)20-14(16)8-9-18(17,3)4/h6-7,10,20H,5,8-9H2,1-4H3/b17-11+. The molecule has 0 atom stereocenters. The van der Waals surface area contributed by atoms with Gasteiger partial charge in [0.25, 0.3) is 0 Å². The Bertz CT molecular complexity index is 704. The fourth-order valence-corrected chi connectivity index (χ4v) is 3.57. The first-order valence-electron chi connectivity index (χ1n) is 7.44. The normalized spacial score (nSPS) is 20.1. The van der Waals surface area contributed by atoms with Crippen LogP contribution in [0.1, 0.15) is 51.8 Å². The minimum absolute atomic E-state index is 0.173. The van der Waals surface area contributed by atoms with Crippen LogP contribution in [0.5, 0.6) is 0 Å². The van der Waals surface area contributed by atoms with E-state index in [1.54, 1.807) is 12.1 Å². The lowest BCUT2D eigenvalue weighted by molar-refractivity contribution is 0.439. The minimum Gasteiger partial charge on any atom is -0.358 e. The molecular weight excluding hydrogens is 249 g/mol. The third kappa shape index (κ3) is 1.90. The number of halogens is 1. The first-order chi connectivity index (χ1) is 9.44. The van der Waals surface area contributed by atoms with E-state index in [4.69, 9.17) is 0 Å². The van der Waals surface area contributed by atoms with Crippen molar-refractivity contribution < 1.29 is 4.39 Å². The second-order valence-corrected chi connectivity index (χ2v) is 6.56. The van der Waals surface area contributed by atoms with Crippen molar-refractivity contribution in [1.82, 2.24) is 4.98 Å². The lowest BCUT2D eigenvalue weighted by Gasteiger charge is -2.35. The van der Waals surface area contributed by atoms with Crippen LogP contribution in [0, 0.1) is 11.2 Å². The summed E-state index contributed by atoms with van der Waals surface area (Å²) in [6.45, 7) is 9.09. The van der Waals surface area contributed by atoms with Gasteiger partial charge in [-0.2, -0.15) is 0 Å². The van der Waals surface area contributed by atoms with Crippen molar-refractivity contribution in [2.45, 2.75) is 47.0 Å². The number of aromatic nitrogens is 1. The number of H-pyrrole nitrogens is 1. The number of allylic oxidation sites excluding steroid dienone is 2. The van der Waals surface area contributed by atoms with Crippen LogP contribution in [0.2, 0.25) is 0 Å². The van der Waals surface area contributed by atoms with Crippen LogP contribution >= 0.6 is 0 Å². The molecule has 1 aromatic carbocycles. The largest absolute Gasteiger partial charge is 0.358 e. The van der Waals surface area contributed by atoms with E-state index in [9.17, 15) is 4.39 Å². The molecule has 0 saturated heterocycles. The summed E-state index contributed by atoms with van der Waals surface area (Å²) in [5.41, 5.74) is 6.62. The van der Waals surface area contributed by atoms with Crippen LogP contribution in [0.15, 0.2) is 23.8 Å². The van der Waals surface area contributed by atoms with Crippen molar-refractivity contribution in [3.63, 3.8) is 0 Å². The Morgan fingerprint density at radius 2 is 2.10 bits per heavy atom. The average molecular weight is 271 g/mol. The molecule has 1 aliphatic carbocycles. The summed E-state index contributed by atoms with van der Waals surface area (Å²) in [7, 11) is 0. The van der Waals surface area contributed by atoms with Gasteiger partial charge in [-0.05, 0) is 55.4 Å². The smallest absolute Gasteiger partial charge is 0.125 e. The molecule has 0 fully saturated rings. The summed E-state index contributed by atoms with van der Waals surface area (Å²) >= 11 is 0. The molecular formula is C18H22FN. The van der Waals surface area contributed by atoms with Crippen molar-refractivity contribution in [1.29, 1.82) is 0 Å². The quantitative estimate of drug-likeness (QED) is 0.708. The topological polar surface area (TPSA) is 15.8 Å². The van der Waals surface area contributed by atoms with Crippen LogP contribution in [0.4, 0.5) is 4.39 Å². The van der Waals surface area contributed by atoms with Gasteiger partial charge in [-0.1, -0.05) is 26.3 Å². The zero-order valence-corrected chi connectivity index (χ0v) is 12.7. The Morgan fingerprint density at radius 1 is 1.35 bits per heavy atom. The van der Waals surface area contributed by atoms with Gasteiger partial charge in [0.1, 0.15) is 5.82 Å². The van der Waals surface area contributed by atoms with Crippen molar-refractivity contribution in [2.24, 2.45) is 5.41 Å². The predicted octanol–water partition coefficient (Wildman–Crippen LogP) is 5.46. The van der Waals surface area contributed by atoms with Crippen LogP contribution in [-0.2, 0) is 6.42 Å². The van der Waals surface area contributed by atoms with Crippen LogP contribution in [-0.4, -0.2) is 4.98 Å². The van der Waals surface area contributed by atoms with Gasteiger partial charge in [0.2, 0.25) is 0 Å². The molecule has 1 heterocycles. The molecule has 20 heavy (non-hydrogen) atoms. The van der Waals surface area contributed by atoms with Gasteiger partial charge in [0.15, 0.2) is 0 Å². The molecule has 1 aliphatic rings. The summed E-state index contributed by atoms with van der Waals surface area (Å²) in [4.78, 5) is 3.43. The molecule has 2 heteroatoms. The molecule has 0 unspecified atom stereocenters. The van der Waals surface area contributed by atoms with Gasteiger partial charge in [-0.3, -0.25) is 0 Å². The molecule has 2 aromatic rings. The molecule has 1 N–H and O–H groups in total. The second kappa shape index (κ2) is 4.47. The number of hydrogen-bond donors (Lipinski definition) is 1. The van der Waals surface area contributed by atoms with Gasteiger partial charge in [0, 0.05) is 22.2 Å². The molecule has 0 amide bonds. The Hall–Kier alpha value is -1.57. The summed E-state index contributed by atoms with van der Waals surface area (Å²) in [6, 6.07) is 5.10. The minimum atomic E-state index is -0.173. The number of rotatable bonds is 1. The molecule has 0 spiro atoms. The highest BCUT2D eigenvalue weighted by Crippen LogP contribution is 2.49. The molecule has 106 valence electrons. The van der Waals surface area contributed by atoms with Crippen LogP contribution in [0.3, 0.4) is 0 Å². The van der Waals surface area contributed by atoms with Crippen LogP contribution < -0.4 is 0 Å².